The van der Waals surface area contributed by atoms with E-state index in [-0.39, 0.29) is 18.4 Å². The fourth-order valence-corrected chi connectivity index (χ4v) is 1.90. The molecule has 0 saturated heterocycles. The van der Waals surface area contributed by atoms with Crippen LogP contribution in [0.5, 0.6) is 0 Å². The molecule has 0 aliphatic heterocycles. The van der Waals surface area contributed by atoms with Gasteiger partial charge in [0.15, 0.2) is 0 Å². The van der Waals surface area contributed by atoms with Gasteiger partial charge in [-0.15, -0.1) is 12.4 Å². The fourth-order valence-electron chi connectivity index (χ4n) is 1.90. The molecule has 108 valence electrons. The fraction of sp³-hybridized carbons (Fsp3) is 0.250. The van der Waals surface area contributed by atoms with Crippen LogP contribution in [0.1, 0.15) is 24.1 Å². The monoisotopic (exact) mass is 292 g/mol. The highest BCUT2D eigenvalue weighted by Crippen LogP contribution is 2.17. The van der Waals surface area contributed by atoms with Crippen molar-refractivity contribution >= 4 is 18.1 Å². The first kappa shape index (κ1) is 16.5. The molecule has 0 spiro atoms. The molecule has 2 aromatic carbocycles. The van der Waals surface area contributed by atoms with Crippen LogP contribution in [-0.4, -0.2) is 11.2 Å². The maximum absolute atomic E-state index is 9.46. The standard InChI is InChI=1S/C16H20N2O.ClH/c1-12(19)16(17)14-7-9-15(10-8-14)18-11-13-5-3-2-4-6-13;/h2-10,12,16,18-19H,11,17H2,1H3;1H/t12-,16-;/m0./s1. The van der Waals surface area contributed by atoms with E-state index in [1.54, 1.807) is 6.92 Å². The summed E-state index contributed by atoms with van der Waals surface area (Å²) in [6.45, 7) is 2.49. The van der Waals surface area contributed by atoms with Crippen LogP contribution >= 0.6 is 12.4 Å². The summed E-state index contributed by atoms with van der Waals surface area (Å²) in [7, 11) is 0. The largest absolute Gasteiger partial charge is 0.391 e. The van der Waals surface area contributed by atoms with Gasteiger partial charge in [-0.2, -0.15) is 0 Å². The predicted molar refractivity (Wildman–Crippen MR) is 86.1 cm³/mol. The average Bonchev–Trinajstić information content (AvgIpc) is 2.46. The molecule has 20 heavy (non-hydrogen) atoms. The van der Waals surface area contributed by atoms with Gasteiger partial charge < -0.3 is 16.2 Å². The Balaban J connectivity index is 0.00000200. The van der Waals surface area contributed by atoms with Crippen molar-refractivity contribution in [1.82, 2.24) is 0 Å². The summed E-state index contributed by atoms with van der Waals surface area (Å²) in [5, 5.41) is 12.8. The molecule has 4 heteroatoms. The first-order valence-corrected chi connectivity index (χ1v) is 6.48. The minimum Gasteiger partial charge on any atom is -0.391 e. The quantitative estimate of drug-likeness (QED) is 0.794. The third-order valence-electron chi connectivity index (χ3n) is 3.15. The van der Waals surface area contributed by atoms with E-state index in [0.29, 0.717) is 0 Å². The van der Waals surface area contributed by atoms with Crippen molar-refractivity contribution < 1.29 is 5.11 Å². The number of hydrogen-bond donors (Lipinski definition) is 3. The van der Waals surface area contributed by atoms with Crippen molar-refractivity contribution in [2.45, 2.75) is 25.6 Å². The van der Waals surface area contributed by atoms with E-state index < -0.39 is 6.10 Å². The Morgan fingerprint density at radius 3 is 2.20 bits per heavy atom. The minimum absolute atomic E-state index is 0. The maximum Gasteiger partial charge on any atom is 0.0704 e. The number of rotatable bonds is 5. The molecule has 0 fully saturated rings. The molecular weight excluding hydrogens is 272 g/mol. The van der Waals surface area contributed by atoms with Crippen LogP contribution in [-0.2, 0) is 6.54 Å². The summed E-state index contributed by atoms with van der Waals surface area (Å²) in [6.07, 6.45) is -0.539. The normalized spacial score (nSPS) is 13.2. The second kappa shape index (κ2) is 7.90. The van der Waals surface area contributed by atoms with Crippen LogP contribution in [0, 0.1) is 0 Å². The lowest BCUT2D eigenvalue weighted by Gasteiger charge is -2.15. The summed E-state index contributed by atoms with van der Waals surface area (Å²) in [6, 6.07) is 17.8. The Kier molecular flexibility index (Phi) is 6.52. The lowest BCUT2D eigenvalue weighted by Crippen LogP contribution is -2.22. The van der Waals surface area contributed by atoms with Crippen LogP contribution in [0.2, 0.25) is 0 Å². The van der Waals surface area contributed by atoms with Crippen LogP contribution in [0.4, 0.5) is 5.69 Å². The predicted octanol–water partition coefficient (Wildman–Crippen LogP) is 3.10. The highest BCUT2D eigenvalue weighted by Gasteiger charge is 2.11. The van der Waals surface area contributed by atoms with Gasteiger partial charge in [0.2, 0.25) is 0 Å². The van der Waals surface area contributed by atoms with Crippen molar-refractivity contribution in [2.24, 2.45) is 5.73 Å². The van der Waals surface area contributed by atoms with Gasteiger partial charge in [-0.25, -0.2) is 0 Å². The van der Waals surface area contributed by atoms with Gasteiger partial charge in [0.25, 0.3) is 0 Å². The van der Waals surface area contributed by atoms with E-state index in [4.69, 9.17) is 5.73 Å². The smallest absolute Gasteiger partial charge is 0.0704 e. The number of anilines is 1. The van der Waals surface area contributed by atoms with E-state index >= 15 is 0 Å². The van der Waals surface area contributed by atoms with Gasteiger partial charge >= 0.3 is 0 Å². The molecule has 0 aliphatic rings. The van der Waals surface area contributed by atoms with Gasteiger partial charge in [-0.05, 0) is 30.2 Å². The molecule has 3 nitrogen and oxygen atoms in total. The van der Waals surface area contributed by atoms with E-state index in [9.17, 15) is 5.11 Å². The van der Waals surface area contributed by atoms with Crippen molar-refractivity contribution in [3.63, 3.8) is 0 Å². The second-order valence-electron chi connectivity index (χ2n) is 4.73. The summed E-state index contributed by atoms with van der Waals surface area (Å²) < 4.78 is 0. The van der Waals surface area contributed by atoms with Crippen LogP contribution < -0.4 is 11.1 Å². The zero-order valence-corrected chi connectivity index (χ0v) is 12.3. The Bertz CT molecular complexity index is 500. The number of benzene rings is 2. The molecule has 0 saturated carbocycles. The molecular formula is C16H21ClN2O. The highest BCUT2D eigenvalue weighted by atomic mass is 35.5. The Hall–Kier alpha value is -1.55. The molecule has 0 heterocycles. The lowest BCUT2D eigenvalue weighted by molar-refractivity contribution is 0.164. The summed E-state index contributed by atoms with van der Waals surface area (Å²) in [4.78, 5) is 0. The highest BCUT2D eigenvalue weighted by molar-refractivity contribution is 5.85. The van der Waals surface area contributed by atoms with Gasteiger partial charge in [0, 0.05) is 12.2 Å². The van der Waals surface area contributed by atoms with Gasteiger partial charge in [-0.3, -0.25) is 0 Å². The zero-order chi connectivity index (χ0) is 13.7. The van der Waals surface area contributed by atoms with Crippen molar-refractivity contribution in [3.8, 4) is 0 Å². The van der Waals surface area contributed by atoms with Gasteiger partial charge in [0.05, 0.1) is 12.1 Å². The van der Waals surface area contributed by atoms with E-state index in [0.717, 1.165) is 17.8 Å². The Morgan fingerprint density at radius 2 is 1.65 bits per heavy atom. The number of hydrogen-bond acceptors (Lipinski definition) is 3. The summed E-state index contributed by atoms with van der Waals surface area (Å²) in [5.41, 5.74) is 9.12. The number of halogens is 1. The van der Waals surface area contributed by atoms with Gasteiger partial charge in [0.1, 0.15) is 0 Å². The molecule has 0 aliphatic carbocycles. The van der Waals surface area contributed by atoms with Crippen molar-refractivity contribution in [3.05, 3.63) is 65.7 Å². The third kappa shape index (κ3) is 4.53. The molecule has 2 rings (SSSR count). The maximum atomic E-state index is 9.46. The van der Waals surface area contributed by atoms with Crippen LogP contribution in [0.15, 0.2) is 54.6 Å². The molecule has 4 N–H and O–H groups in total. The van der Waals surface area contributed by atoms with E-state index in [1.807, 2.05) is 42.5 Å². The molecule has 0 amide bonds. The van der Waals surface area contributed by atoms with Crippen LogP contribution in [0.25, 0.3) is 0 Å². The first-order chi connectivity index (χ1) is 9.16. The minimum atomic E-state index is -0.539. The first-order valence-electron chi connectivity index (χ1n) is 6.48. The number of aliphatic hydroxyl groups excluding tert-OH is 1. The Morgan fingerprint density at radius 1 is 1.05 bits per heavy atom. The molecule has 2 aromatic rings. The molecule has 0 aromatic heterocycles. The van der Waals surface area contributed by atoms with E-state index in [1.165, 1.54) is 5.56 Å². The average molecular weight is 293 g/mol. The summed E-state index contributed by atoms with van der Waals surface area (Å²) in [5.74, 6) is 0. The number of nitrogens with one attached hydrogen (secondary N) is 1. The number of nitrogens with two attached hydrogens (primary N) is 1. The number of aliphatic hydroxyl groups is 1. The second-order valence-corrected chi connectivity index (χ2v) is 4.73. The molecule has 0 bridgehead atoms. The van der Waals surface area contributed by atoms with Crippen molar-refractivity contribution in [2.75, 3.05) is 5.32 Å². The zero-order valence-electron chi connectivity index (χ0n) is 11.5. The van der Waals surface area contributed by atoms with Gasteiger partial charge in [-0.1, -0.05) is 42.5 Å². The SMILES string of the molecule is C[C@H](O)[C@H](N)c1ccc(NCc2ccccc2)cc1.Cl. The molecule has 0 radical (unpaired) electrons. The van der Waals surface area contributed by atoms with Crippen molar-refractivity contribution in [1.29, 1.82) is 0 Å². The molecule has 0 unspecified atom stereocenters. The topological polar surface area (TPSA) is 58.3 Å². The summed E-state index contributed by atoms with van der Waals surface area (Å²) >= 11 is 0. The van der Waals surface area contributed by atoms with E-state index in [2.05, 4.69) is 17.4 Å². The molecule has 2 atom stereocenters. The third-order valence-corrected chi connectivity index (χ3v) is 3.15. The Labute approximate surface area is 126 Å². The van der Waals surface area contributed by atoms with Crippen LogP contribution in [0.3, 0.4) is 0 Å². The lowest BCUT2D eigenvalue weighted by atomic mass is 10.0.